The van der Waals surface area contributed by atoms with Gasteiger partial charge in [0.25, 0.3) is 11.8 Å². The third kappa shape index (κ3) is 14.5. The summed E-state index contributed by atoms with van der Waals surface area (Å²) in [5.41, 5.74) is 9.77. The predicted molar refractivity (Wildman–Crippen MR) is 300 cm³/mol. The number of aryl methyl sites for hydroxylation is 1. The van der Waals surface area contributed by atoms with E-state index in [1.807, 2.05) is 96.8 Å². The molecule has 6 aromatic rings. The number of aromatic nitrogens is 2. The number of β-amino-alcohol motifs (C(OH)–C–C–N with tert-alkyl or cyclic N) is 1. The SMILES string of the molecule is Cc1ncsc1-c1ccc(CNC(=O)[C@@H]2C[C@@H](O)CN2C(=O)[C@H](C)NC(=O)CCOCCOCCOCCC(=O)N2CCN(c3ccc(-c4ccc5c(c4)C(=O)N(C(C(=O)Nc4nccs4)c4ccccc4)C5)cc3)CC2)cc1. The first-order valence-electron chi connectivity index (χ1n) is 26.5. The maximum Gasteiger partial charge on any atom is 0.255 e. The van der Waals surface area contributed by atoms with E-state index in [9.17, 15) is 33.9 Å². The summed E-state index contributed by atoms with van der Waals surface area (Å²) in [6.45, 7) is 8.18. The van der Waals surface area contributed by atoms with Gasteiger partial charge >= 0.3 is 0 Å². The molecule has 6 amide bonds. The van der Waals surface area contributed by atoms with Crippen LogP contribution in [-0.2, 0) is 51.3 Å². The van der Waals surface area contributed by atoms with Crippen LogP contribution in [0.4, 0.5) is 10.8 Å². The number of aliphatic hydroxyl groups excluding tert-OH is 1. The zero-order valence-electron chi connectivity index (χ0n) is 44.2. The van der Waals surface area contributed by atoms with Crippen molar-refractivity contribution in [3.8, 4) is 21.6 Å². The molecule has 2 fully saturated rings. The summed E-state index contributed by atoms with van der Waals surface area (Å²) in [4.78, 5) is 96.5. The zero-order chi connectivity index (χ0) is 55.3. The molecule has 0 spiro atoms. The molecule has 2 aromatic heterocycles. The largest absolute Gasteiger partial charge is 0.391 e. The first-order valence-corrected chi connectivity index (χ1v) is 28.3. The molecule has 1 unspecified atom stereocenters. The lowest BCUT2D eigenvalue weighted by atomic mass is 10.00. The van der Waals surface area contributed by atoms with E-state index in [2.05, 4.69) is 43.0 Å². The first kappa shape index (κ1) is 56.3. The number of hydrogen-bond donors (Lipinski definition) is 4. The highest BCUT2D eigenvalue weighted by atomic mass is 32.1. The average Bonchev–Trinajstić information content (AvgIpc) is 4.38. The number of carbonyl (C=O) groups excluding carboxylic acids is 6. The topological polar surface area (TPSA) is 225 Å². The molecular weight excluding hydrogens is 1050 g/mol. The number of aliphatic hydroxyl groups is 1. The molecule has 19 nitrogen and oxygen atoms in total. The third-order valence-corrected chi connectivity index (χ3v) is 15.9. The van der Waals surface area contributed by atoms with Gasteiger partial charge in [0, 0.05) is 81.5 Å². The molecule has 0 bridgehead atoms. The minimum Gasteiger partial charge on any atom is -0.391 e. The van der Waals surface area contributed by atoms with E-state index in [0.29, 0.717) is 56.6 Å². The minimum absolute atomic E-state index is 0.00520. The van der Waals surface area contributed by atoms with E-state index in [4.69, 9.17) is 14.2 Å². The quantitative estimate of drug-likeness (QED) is 0.0524. The molecular formula is C58H65N9O10S2. The lowest BCUT2D eigenvalue weighted by Crippen LogP contribution is -2.52. The van der Waals surface area contributed by atoms with E-state index in [0.717, 1.165) is 49.6 Å². The van der Waals surface area contributed by atoms with Crippen molar-refractivity contribution in [2.75, 3.05) is 82.6 Å². The predicted octanol–water partition coefficient (Wildman–Crippen LogP) is 5.84. The van der Waals surface area contributed by atoms with Crippen LogP contribution in [0, 0.1) is 6.92 Å². The van der Waals surface area contributed by atoms with Gasteiger partial charge < -0.3 is 49.6 Å². The Morgan fingerprint density at radius 2 is 1.47 bits per heavy atom. The Hall–Kier alpha value is -7.40. The van der Waals surface area contributed by atoms with Crippen LogP contribution in [0.15, 0.2) is 114 Å². The molecule has 21 heteroatoms. The summed E-state index contributed by atoms with van der Waals surface area (Å²) in [5.74, 6) is -1.70. The molecule has 9 rings (SSSR count). The fourth-order valence-corrected chi connectivity index (χ4v) is 11.3. The normalized spacial score (nSPS) is 16.9. The Labute approximate surface area is 466 Å². The molecule has 0 radical (unpaired) electrons. The van der Waals surface area contributed by atoms with Gasteiger partial charge in [-0.3, -0.25) is 34.1 Å². The molecule has 3 aliphatic rings. The molecule has 5 heterocycles. The van der Waals surface area contributed by atoms with Gasteiger partial charge in [-0.25, -0.2) is 9.97 Å². The number of amides is 6. The van der Waals surface area contributed by atoms with Crippen LogP contribution < -0.4 is 20.9 Å². The van der Waals surface area contributed by atoms with Crippen LogP contribution in [0.25, 0.3) is 21.6 Å². The Morgan fingerprint density at radius 1 is 0.785 bits per heavy atom. The Bertz CT molecular complexity index is 3040. The lowest BCUT2D eigenvalue weighted by Gasteiger charge is -2.36. The number of benzene rings is 4. The third-order valence-electron chi connectivity index (χ3n) is 14.2. The van der Waals surface area contributed by atoms with Crippen molar-refractivity contribution in [2.24, 2.45) is 0 Å². The van der Waals surface area contributed by atoms with Gasteiger partial charge in [0.05, 0.1) is 68.2 Å². The molecule has 4 N–H and O–H groups in total. The maximum absolute atomic E-state index is 14.0. The zero-order valence-corrected chi connectivity index (χ0v) is 45.8. The van der Waals surface area contributed by atoms with Gasteiger partial charge in [-0.15, -0.1) is 22.7 Å². The second-order valence-electron chi connectivity index (χ2n) is 19.6. The smallest absolute Gasteiger partial charge is 0.255 e. The fraction of sp³-hybridized carbons (Fsp3) is 0.379. The van der Waals surface area contributed by atoms with Crippen molar-refractivity contribution >= 4 is 68.9 Å². The van der Waals surface area contributed by atoms with Crippen LogP contribution in [-0.4, -0.2) is 156 Å². The van der Waals surface area contributed by atoms with E-state index in [-0.39, 0.29) is 88.3 Å². The molecule has 79 heavy (non-hydrogen) atoms. The molecule has 4 aromatic carbocycles. The number of hydrogen-bond acceptors (Lipinski definition) is 15. The van der Waals surface area contributed by atoms with Crippen LogP contribution in [0.3, 0.4) is 0 Å². The number of rotatable bonds is 24. The standard InChI is InChI=1S/C58H65N9O10S2/c1-38-53(79-37-61-38)43-10-8-40(9-11-43)34-60-54(71)49-33-47(68)36-66(49)56(73)39(2)62-50(69)18-25-75-27-29-77-30-28-76-26-19-51(70)65-23-21-64(22-24-65)46-16-14-41(15-17-46)44-12-13-45-35-67(57(74)48(45)32-44)52(42-6-4-3-5-7-42)55(72)63-58-59-20-31-78-58/h3-17,20,31-32,37,39,47,49,52,68H,18-19,21-30,33-36H2,1-2H3,(H,60,71)(H,62,69)(H,59,63,72)/t39-,47+,49-,52?/m0/s1. The van der Waals surface area contributed by atoms with Crippen LogP contribution in [0.2, 0.25) is 0 Å². The molecule has 4 atom stereocenters. The van der Waals surface area contributed by atoms with Crippen LogP contribution >= 0.6 is 22.7 Å². The monoisotopic (exact) mass is 1110 g/mol. The number of ether oxygens (including phenoxy) is 3. The number of nitrogens with one attached hydrogen (secondary N) is 3. The van der Waals surface area contributed by atoms with Crippen molar-refractivity contribution in [1.29, 1.82) is 0 Å². The van der Waals surface area contributed by atoms with Crippen molar-refractivity contribution in [1.82, 2.24) is 35.3 Å². The highest BCUT2D eigenvalue weighted by Crippen LogP contribution is 2.36. The lowest BCUT2D eigenvalue weighted by molar-refractivity contribution is -0.141. The van der Waals surface area contributed by atoms with Crippen LogP contribution in [0.5, 0.6) is 0 Å². The van der Waals surface area contributed by atoms with Crippen molar-refractivity contribution in [3.63, 3.8) is 0 Å². The minimum atomic E-state index is -0.912. The van der Waals surface area contributed by atoms with Crippen molar-refractivity contribution in [3.05, 3.63) is 142 Å². The van der Waals surface area contributed by atoms with Gasteiger partial charge in [-0.1, -0.05) is 78.9 Å². The molecule has 2 saturated heterocycles. The van der Waals surface area contributed by atoms with Gasteiger partial charge in [0.2, 0.25) is 23.6 Å². The summed E-state index contributed by atoms with van der Waals surface area (Å²) in [5, 5.41) is 21.1. The summed E-state index contributed by atoms with van der Waals surface area (Å²) in [7, 11) is 0. The maximum atomic E-state index is 14.0. The summed E-state index contributed by atoms with van der Waals surface area (Å²) < 4.78 is 16.8. The van der Waals surface area contributed by atoms with Gasteiger partial charge in [-0.05, 0) is 65.4 Å². The number of likely N-dealkylation sites (tertiary alicyclic amines) is 1. The van der Waals surface area contributed by atoms with Gasteiger partial charge in [0.1, 0.15) is 18.1 Å². The summed E-state index contributed by atoms with van der Waals surface area (Å²) in [6.07, 6.45) is 1.15. The van der Waals surface area contributed by atoms with E-state index < -0.39 is 30.1 Å². The van der Waals surface area contributed by atoms with E-state index in [1.165, 1.54) is 16.2 Å². The van der Waals surface area contributed by atoms with E-state index in [1.54, 1.807) is 40.2 Å². The summed E-state index contributed by atoms with van der Waals surface area (Å²) >= 11 is 2.89. The van der Waals surface area contributed by atoms with Crippen LogP contribution in [0.1, 0.15) is 65.0 Å². The van der Waals surface area contributed by atoms with Crippen molar-refractivity contribution < 1.29 is 48.1 Å². The van der Waals surface area contributed by atoms with Crippen molar-refractivity contribution in [2.45, 2.75) is 70.4 Å². The Balaban J connectivity index is 0.610. The first-order chi connectivity index (χ1) is 38.4. The number of thiazole rings is 2. The molecule has 414 valence electrons. The van der Waals surface area contributed by atoms with E-state index >= 15 is 0 Å². The average molecular weight is 1110 g/mol. The second-order valence-corrected chi connectivity index (χ2v) is 21.3. The highest BCUT2D eigenvalue weighted by Gasteiger charge is 2.41. The number of piperazine rings is 1. The fourth-order valence-electron chi connectivity index (χ4n) is 9.97. The second kappa shape index (κ2) is 27.0. The molecule has 3 aliphatic heterocycles. The summed E-state index contributed by atoms with van der Waals surface area (Å²) in [6, 6.07) is 28.6. The number of anilines is 2. The number of carbonyl (C=O) groups is 6. The number of fused-ring (bicyclic) bond motifs is 1. The molecule has 0 saturated carbocycles. The van der Waals surface area contributed by atoms with Gasteiger partial charge in [-0.2, -0.15) is 0 Å². The van der Waals surface area contributed by atoms with Gasteiger partial charge in [0.15, 0.2) is 5.13 Å². The number of nitrogens with zero attached hydrogens (tertiary/aromatic N) is 6. The highest BCUT2D eigenvalue weighted by molar-refractivity contribution is 7.14. The Morgan fingerprint density at radius 3 is 2.15 bits per heavy atom. The Kier molecular flexibility index (Phi) is 19.2. The molecule has 0 aliphatic carbocycles.